The highest BCUT2D eigenvalue weighted by Crippen LogP contribution is 2.22. The van der Waals surface area contributed by atoms with Crippen molar-refractivity contribution in [3.05, 3.63) is 72.6 Å². The molecule has 0 unspecified atom stereocenters. The molecule has 0 aliphatic carbocycles. The number of nitrogens with zero attached hydrogens (tertiary/aromatic N) is 6. The fraction of sp³-hybridized carbons (Fsp3) is 0.273. The molecule has 1 saturated heterocycles. The van der Waals surface area contributed by atoms with Crippen LogP contribution in [0.1, 0.15) is 15.9 Å². The monoisotopic (exact) mass is 401 g/mol. The molecule has 1 aliphatic rings. The third-order valence-corrected chi connectivity index (χ3v) is 5.67. The van der Waals surface area contributed by atoms with E-state index < -0.39 is 0 Å². The number of piperazine rings is 1. The van der Waals surface area contributed by atoms with Crippen LogP contribution in [-0.4, -0.2) is 73.2 Å². The lowest BCUT2D eigenvalue weighted by Gasteiger charge is -2.34. The molecule has 30 heavy (non-hydrogen) atoms. The number of H-pyrrole nitrogens is 1. The molecular formula is C22H23N7O. The number of fused-ring (bicyclic) bond motifs is 1. The number of hydrogen-bond donors (Lipinski definition) is 1. The maximum absolute atomic E-state index is 12.6. The highest BCUT2D eigenvalue weighted by Gasteiger charge is 2.22. The van der Waals surface area contributed by atoms with Gasteiger partial charge in [0.2, 0.25) is 0 Å². The Hall–Kier alpha value is -3.52. The minimum Gasteiger partial charge on any atom is -0.358 e. The molecule has 8 heteroatoms. The number of rotatable bonds is 5. The molecular weight excluding hydrogens is 378 g/mol. The molecule has 0 atom stereocenters. The Balaban J connectivity index is 1.21. The number of carbonyl (C=O) groups excluding carboxylic acids is 1. The number of amides is 1. The zero-order valence-corrected chi connectivity index (χ0v) is 16.6. The third kappa shape index (κ3) is 3.57. The molecule has 0 bridgehead atoms. The first kappa shape index (κ1) is 18.5. The maximum atomic E-state index is 12.6. The van der Waals surface area contributed by atoms with Gasteiger partial charge in [0, 0.05) is 50.7 Å². The Labute approximate surface area is 174 Å². The van der Waals surface area contributed by atoms with Crippen molar-refractivity contribution in [2.45, 2.75) is 6.42 Å². The van der Waals surface area contributed by atoms with Gasteiger partial charge in [-0.05, 0) is 30.2 Å². The summed E-state index contributed by atoms with van der Waals surface area (Å²) in [5, 5.41) is 4.23. The predicted octanol–water partition coefficient (Wildman–Crippen LogP) is 2.14. The topological polar surface area (TPSA) is 82.9 Å². The first-order valence-electron chi connectivity index (χ1n) is 10.2. The van der Waals surface area contributed by atoms with Crippen LogP contribution in [0.4, 0.5) is 0 Å². The number of benzene rings is 1. The second kappa shape index (κ2) is 8.08. The molecule has 3 aromatic heterocycles. The standard InChI is InChI=1S/C22H23N7O/c30-22(17-4-2-1-3-5-17)28-12-10-27(11-13-28)9-7-18-14-25-21-19(6-8-24-20(18)21)29-16-23-15-26-29/h1-6,8,14-16,25H,7,9-13H2. The van der Waals surface area contributed by atoms with Gasteiger partial charge in [-0.3, -0.25) is 14.7 Å². The van der Waals surface area contributed by atoms with Crippen LogP contribution in [0.5, 0.6) is 0 Å². The molecule has 152 valence electrons. The van der Waals surface area contributed by atoms with Crippen molar-refractivity contribution in [1.82, 2.24) is 34.5 Å². The molecule has 0 radical (unpaired) electrons. The Morgan fingerprint density at radius 2 is 1.90 bits per heavy atom. The van der Waals surface area contributed by atoms with Gasteiger partial charge in [0.25, 0.3) is 5.91 Å². The summed E-state index contributed by atoms with van der Waals surface area (Å²) < 4.78 is 1.74. The lowest BCUT2D eigenvalue weighted by Crippen LogP contribution is -2.49. The van der Waals surface area contributed by atoms with Crippen LogP contribution in [-0.2, 0) is 6.42 Å². The van der Waals surface area contributed by atoms with Gasteiger partial charge >= 0.3 is 0 Å². The molecule has 1 N–H and O–H groups in total. The Morgan fingerprint density at radius 1 is 1.07 bits per heavy atom. The number of carbonyl (C=O) groups is 1. The van der Waals surface area contributed by atoms with E-state index in [2.05, 4.69) is 25.0 Å². The van der Waals surface area contributed by atoms with E-state index >= 15 is 0 Å². The van der Waals surface area contributed by atoms with Crippen LogP contribution in [0.25, 0.3) is 16.7 Å². The van der Waals surface area contributed by atoms with Gasteiger partial charge in [-0.2, -0.15) is 5.10 Å². The van der Waals surface area contributed by atoms with Gasteiger partial charge in [-0.25, -0.2) is 9.67 Å². The summed E-state index contributed by atoms with van der Waals surface area (Å²) in [6.07, 6.45) is 7.96. The Bertz CT molecular complexity index is 1130. The van der Waals surface area contributed by atoms with Crippen LogP contribution in [0.2, 0.25) is 0 Å². The smallest absolute Gasteiger partial charge is 0.253 e. The molecule has 4 aromatic rings. The van der Waals surface area contributed by atoms with Crippen LogP contribution < -0.4 is 0 Å². The van der Waals surface area contributed by atoms with Crippen LogP contribution >= 0.6 is 0 Å². The van der Waals surface area contributed by atoms with Gasteiger partial charge in [0.05, 0.1) is 16.7 Å². The number of aromatic amines is 1. The van der Waals surface area contributed by atoms with E-state index in [1.54, 1.807) is 11.0 Å². The third-order valence-electron chi connectivity index (χ3n) is 5.67. The summed E-state index contributed by atoms with van der Waals surface area (Å²) in [6.45, 7) is 4.24. The summed E-state index contributed by atoms with van der Waals surface area (Å²) in [6, 6.07) is 11.4. The van der Waals surface area contributed by atoms with E-state index in [9.17, 15) is 4.79 Å². The number of nitrogens with one attached hydrogen (secondary N) is 1. The number of pyridine rings is 1. The predicted molar refractivity (Wildman–Crippen MR) is 114 cm³/mol. The van der Waals surface area contributed by atoms with Crippen molar-refractivity contribution in [2.24, 2.45) is 0 Å². The fourth-order valence-electron chi connectivity index (χ4n) is 4.00. The Kier molecular flexibility index (Phi) is 4.98. The minimum absolute atomic E-state index is 0.122. The summed E-state index contributed by atoms with van der Waals surface area (Å²) in [4.78, 5) is 28.9. The Morgan fingerprint density at radius 3 is 2.67 bits per heavy atom. The van der Waals surface area contributed by atoms with E-state index in [1.165, 1.54) is 11.9 Å². The molecule has 1 amide bonds. The highest BCUT2D eigenvalue weighted by atomic mass is 16.2. The number of aromatic nitrogens is 5. The zero-order valence-electron chi connectivity index (χ0n) is 16.6. The van der Waals surface area contributed by atoms with Crippen LogP contribution in [0.15, 0.2) is 61.4 Å². The second-order valence-electron chi connectivity index (χ2n) is 7.46. The highest BCUT2D eigenvalue weighted by molar-refractivity contribution is 5.94. The fourth-order valence-corrected chi connectivity index (χ4v) is 4.00. The van der Waals surface area contributed by atoms with Crippen molar-refractivity contribution in [3.8, 4) is 5.69 Å². The van der Waals surface area contributed by atoms with Crippen molar-refractivity contribution in [1.29, 1.82) is 0 Å². The van der Waals surface area contributed by atoms with Gasteiger partial charge in [0.1, 0.15) is 12.7 Å². The molecule has 4 heterocycles. The van der Waals surface area contributed by atoms with E-state index in [1.807, 2.05) is 53.7 Å². The van der Waals surface area contributed by atoms with Gasteiger partial charge in [-0.15, -0.1) is 0 Å². The van der Waals surface area contributed by atoms with E-state index in [0.29, 0.717) is 0 Å². The van der Waals surface area contributed by atoms with Gasteiger partial charge in [0.15, 0.2) is 0 Å². The average molecular weight is 401 g/mol. The summed E-state index contributed by atoms with van der Waals surface area (Å²) >= 11 is 0. The molecule has 1 aromatic carbocycles. The van der Waals surface area contributed by atoms with E-state index in [0.717, 1.165) is 61.4 Å². The second-order valence-corrected chi connectivity index (χ2v) is 7.46. The van der Waals surface area contributed by atoms with Crippen LogP contribution in [0.3, 0.4) is 0 Å². The summed E-state index contributed by atoms with van der Waals surface area (Å²) in [7, 11) is 0. The van der Waals surface area contributed by atoms with Gasteiger partial charge in [-0.1, -0.05) is 18.2 Å². The number of hydrogen-bond acceptors (Lipinski definition) is 5. The first-order chi connectivity index (χ1) is 14.8. The summed E-state index contributed by atoms with van der Waals surface area (Å²) in [5.74, 6) is 0.122. The van der Waals surface area contributed by atoms with Crippen molar-refractivity contribution >= 4 is 16.9 Å². The molecule has 0 spiro atoms. The largest absolute Gasteiger partial charge is 0.358 e. The van der Waals surface area contributed by atoms with Crippen molar-refractivity contribution in [3.63, 3.8) is 0 Å². The molecule has 8 nitrogen and oxygen atoms in total. The average Bonchev–Trinajstić information content (AvgIpc) is 3.48. The molecule has 0 saturated carbocycles. The van der Waals surface area contributed by atoms with E-state index in [4.69, 9.17) is 0 Å². The first-order valence-corrected chi connectivity index (χ1v) is 10.2. The molecule has 1 aliphatic heterocycles. The van der Waals surface area contributed by atoms with Crippen LogP contribution in [0, 0.1) is 0 Å². The van der Waals surface area contributed by atoms with Crippen molar-refractivity contribution in [2.75, 3.05) is 32.7 Å². The molecule has 5 rings (SSSR count). The lowest BCUT2D eigenvalue weighted by molar-refractivity contribution is 0.0638. The lowest BCUT2D eigenvalue weighted by atomic mass is 10.1. The quantitative estimate of drug-likeness (QED) is 0.554. The maximum Gasteiger partial charge on any atom is 0.253 e. The zero-order chi connectivity index (χ0) is 20.3. The molecule has 1 fully saturated rings. The minimum atomic E-state index is 0.122. The normalized spacial score (nSPS) is 15.0. The van der Waals surface area contributed by atoms with E-state index in [-0.39, 0.29) is 5.91 Å². The van der Waals surface area contributed by atoms with Gasteiger partial charge < -0.3 is 9.88 Å². The summed E-state index contributed by atoms with van der Waals surface area (Å²) in [5.41, 5.74) is 4.84. The SMILES string of the molecule is O=C(c1ccccc1)N1CCN(CCc2c[nH]c3c(-n4cncn4)ccnc23)CC1. The van der Waals surface area contributed by atoms with Crippen molar-refractivity contribution < 1.29 is 4.79 Å².